The van der Waals surface area contributed by atoms with Crippen LogP contribution in [0.5, 0.6) is 5.75 Å². The second-order valence-electron chi connectivity index (χ2n) is 5.24. The van der Waals surface area contributed by atoms with Gasteiger partial charge in [0.1, 0.15) is 5.75 Å². The van der Waals surface area contributed by atoms with Gasteiger partial charge in [-0.2, -0.15) is 0 Å². The van der Waals surface area contributed by atoms with Crippen molar-refractivity contribution >= 4 is 34.8 Å². The Kier molecular flexibility index (Phi) is 7.03. The predicted molar refractivity (Wildman–Crippen MR) is 101 cm³/mol. The standard InChI is InChI=1S/C18H19ClN2O2S/c1-13-11-15(19)7-8-16(13)23-12-17(22)21-18(24)20-10-9-14-5-3-2-4-6-14/h2-8,11H,9-10,12H2,1H3,(H2,20,21,22,24). The van der Waals surface area contributed by atoms with Crippen LogP contribution in [-0.4, -0.2) is 24.2 Å². The smallest absolute Gasteiger partial charge is 0.264 e. The lowest BCUT2D eigenvalue weighted by Gasteiger charge is -2.11. The molecule has 0 saturated heterocycles. The zero-order chi connectivity index (χ0) is 17.4. The summed E-state index contributed by atoms with van der Waals surface area (Å²) in [5.74, 6) is 0.319. The first kappa shape index (κ1) is 18.2. The number of carbonyl (C=O) groups excluding carboxylic acids is 1. The van der Waals surface area contributed by atoms with Crippen molar-refractivity contribution in [1.29, 1.82) is 0 Å². The minimum atomic E-state index is -0.304. The Morgan fingerprint density at radius 1 is 1.21 bits per heavy atom. The number of amides is 1. The number of aryl methyl sites for hydroxylation is 1. The lowest BCUT2D eigenvalue weighted by atomic mass is 10.1. The van der Waals surface area contributed by atoms with E-state index in [1.54, 1.807) is 18.2 Å². The van der Waals surface area contributed by atoms with Gasteiger partial charge < -0.3 is 15.4 Å². The molecule has 0 unspecified atom stereocenters. The molecule has 0 heterocycles. The van der Waals surface area contributed by atoms with Gasteiger partial charge in [0, 0.05) is 11.6 Å². The Morgan fingerprint density at radius 2 is 1.96 bits per heavy atom. The molecule has 0 bridgehead atoms. The van der Waals surface area contributed by atoms with E-state index in [9.17, 15) is 4.79 Å². The molecule has 4 nitrogen and oxygen atoms in total. The highest BCUT2D eigenvalue weighted by Crippen LogP contribution is 2.21. The van der Waals surface area contributed by atoms with Crippen molar-refractivity contribution in [2.75, 3.05) is 13.2 Å². The average Bonchev–Trinajstić information content (AvgIpc) is 2.55. The van der Waals surface area contributed by atoms with E-state index in [4.69, 9.17) is 28.6 Å². The highest BCUT2D eigenvalue weighted by molar-refractivity contribution is 7.80. The molecule has 2 N–H and O–H groups in total. The molecule has 0 aromatic heterocycles. The fourth-order valence-electron chi connectivity index (χ4n) is 2.09. The second kappa shape index (κ2) is 9.25. The van der Waals surface area contributed by atoms with Crippen molar-refractivity contribution in [2.24, 2.45) is 0 Å². The summed E-state index contributed by atoms with van der Waals surface area (Å²) >= 11 is 11.0. The van der Waals surface area contributed by atoms with Gasteiger partial charge in [-0.15, -0.1) is 0 Å². The normalized spacial score (nSPS) is 10.1. The molecule has 0 radical (unpaired) electrons. The molecule has 0 saturated carbocycles. The summed E-state index contributed by atoms with van der Waals surface area (Å²) in [5.41, 5.74) is 2.08. The monoisotopic (exact) mass is 362 g/mol. The Balaban J connectivity index is 1.68. The molecule has 0 aliphatic carbocycles. The van der Waals surface area contributed by atoms with Crippen molar-refractivity contribution in [3.05, 3.63) is 64.7 Å². The van der Waals surface area contributed by atoms with E-state index in [0.29, 0.717) is 22.4 Å². The number of thiocarbonyl (C=S) groups is 1. The van der Waals surface area contributed by atoms with Crippen molar-refractivity contribution in [3.63, 3.8) is 0 Å². The van der Waals surface area contributed by atoms with Gasteiger partial charge in [-0.3, -0.25) is 4.79 Å². The highest BCUT2D eigenvalue weighted by Gasteiger charge is 2.07. The number of hydrogen-bond acceptors (Lipinski definition) is 3. The number of benzene rings is 2. The van der Waals surface area contributed by atoms with E-state index in [1.807, 2.05) is 37.3 Å². The Morgan fingerprint density at radius 3 is 2.67 bits per heavy atom. The third kappa shape index (κ3) is 6.18. The van der Waals surface area contributed by atoms with Crippen LogP contribution in [0.1, 0.15) is 11.1 Å². The molecule has 126 valence electrons. The number of ether oxygens (including phenoxy) is 1. The second-order valence-corrected chi connectivity index (χ2v) is 6.08. The number of rotatable bonds is 6. The molecule has 0 atom stereocenters. The maximum absolute atomic E-state index is 11.8. The molecule has 1 amide bonds. The van der Waals surface area contributed by atoms with Gasteiger partial charge >= 0.3 is 0 Å². The van der Waals surface area contributed by atoms with Crippen molar-refractivity contribution in [2.45, 2.75) is 13.3 Å². The van der Waals surface area contributed by atoms with Gasteiger partial charge in [0.05, 0.1) is 0 Å². The van der Waals surface area contributed by atoms with Crippen LogP contribution in [0, 0.1) is 6.92 Å². The van der Waals surface area contributed by atoms with Gasteiger partial charge in [-0.1, -0.05) is 41.9 Å². The van der Waals surface area contributed by atoms with E-state index >= 15 is 0 Å². The minimum Gasteiger partial charge on any atom is -0.483 e. The highest BCUT2D eigenvalue weighted by atomic mass is 35.5. The van der Waals surface area contributed by atoms with Crippen molar-refractivity contribution < 1.29 is 9.53 Å². The van der Waals surface area contributed by atoms with Gasteiger partial charge in [0.15, 0.2) is 11.7 Å². The fourth-order valence-corrected chi connectivity index (χ4v) is 2.53. The van der Waals surface area contributed by atoms with Crippen molar-refractivity contribution in [1.82, 2.24) is 10.6 Å². The molecule has 0 aliphatic heterocycles. The summed E-state index contributed by atoms with van der Waals surface area (Å²) in [6.07, 6.45) is 0.831. The fraction of sp³-hybridized carbons (Fsp3) is 0.222. The summed E-state index contributed by atoms with van der Waals surface area (Å²) in [7, 11) is 0. The topological polar surface area (TPSA) is 50.4 Å². The number of hydrogen-bond donors (Lipinski definition) is 2. The molecule has 0 fully saturated rings. The molecule has 2 rings (SSSR count). The van der Waals surface area contributed by atoms with Crippen LogP contribution in [0.2, 0.25) is 5.02 Å². The summed E-state index contributed by atoms with van der Waals surface area (Å²) in [5, 5.41) is 6.53. The van der Waals surface area contributed by atoms with Gasteiger partial charge in [0.2, 0.25) is 0 Å². The van der Waals surface area contributed by atoms with Crippen LogP contribution in [-0.2, 0) is 11.2 Å². The van der Waals surface area contributed by atoms with Gasteiger partial charge in [0.25, 0.3) is 5.91 Å². The first-order valence-corrected chi connectivity index (χ1v) is 8.34. The first-order chi connectivity index (χ1) is 11.5. The number of carbonyl (C=O) groups is 1. The van der Waals surface area contributed by atoms with Crippen molar-refractivity contribution in [3.8, 4) is 5.75 Å². The molecule has 0 spiro atoms. The third-order valence-electron chi connectivity index (χ3n) is 3.29. The zero-order valence-corrected chi connectivity index (χ0v) is 14.9. The molecule has 6 heteroatoms. The van der Waals surface area contributed by atoms with Crippen LogP contribution in [0.3, 0.4) is 0 Å². The Bertz CT molecular complexity index is 707. The van der Waals surface area contributed by atoms with Crippen LogP contribution >= 0.6 is 23.8 Å². The third-order valence-corrected chi connectivity index (χ3v) is 3.77. The van der Waals surface area contributed by atoms with Crippen LogP contribution in [0.4, 0.5) is 0 Å². The predicted octanol–water partition coefficient (Wildman–Crippen LogP) is 3.26. The number of nitrogens with one attached hydrogen (secondary N) is 2. The van der Waals surface area contributed by atoms with E-state index in [-0.39, 0.29) is 12.5 Å². The van der Waals surface area contributed by atoms with E-state index < -0.39 is 0 Å². The molecule has 24 heavy (non-hydrogen) atoms. The molecule has 2 aromatic rings. The van der Waals surface area contributed by atoms with Crippen LogP contribution in [0.25, 0.3) is 0 Å². The van der Waals surface area contributed by atoms with E-state index in [1.165, 1.54) is 5.56 Å². The minimum absolute atomic E-state index is 0.108. The van der Waals surface area contributed by atoms with Crippen LogP contribution < -0.4 is 15.4 Å². The van der Waals surface area contributed by atoms with E-state index in [0.717, 1.165) is 12.0 Å². The van der Waals surface area contributed by atoms with Crippen LogP contribution in [0.15, 0.2) is 48.5 Å². The summed E-state index contributed by atoms with van der Waals surface area (Å²) in [6.45, 7) is 2.41. The largest absolute Gasteiger partial charge is 0.483 e. The lowest BCUT2D eigenvalue weighted by molar-refractivity contribution is -0.121. The molecular formula is C18H19ClN2O2S. The molecule has 0 aliphatic rings. The van der Waals surface area contributed by atoms with Gasteiger partial charge in [-0.05, 0) is 54.9 Å². The Labute approximate surface area is 152 Å². The zero-order valence-electron chi connectivity index (χ0n) is 13.3. The quantitative estimate of drug-likeness (QED) is 0.774. The molecule has 2 aromatic carbocycles. The maximum Gasteiger partial charge on any atom is 0.264 e. The maximum atomic E-state index is 11.8. The van der Waals surface area contributed by atoms with E-state index in [2.05, 4.69) is 10.6 Å². The lowest BCUT2D eigenvalue weighted by Crippen LogP contribution is -2.42. The SMILES string of the molecule is Cc1cc(Cl)ccc1OCC(=O)NC(=S)NCCc1ccccc1. The average molecular weight is 363 g/mol. The summed E-state index contributed by atoms with van der Waals surface area (Å²) in [6, 6.07) is 15.3. The Hall–Kier alpha value is -2.11. The number of halogens is 1. The van der Waals surface area contributed by atoms with Gasteiger partial charge in [-0.25, -0.2) is 0 Å². The molecular weight excluding hydrogens is 344 g/mol. The summed E-state index contributed by atoms with van der Waals surface area (Å²) in [4.78, 5) is 11.8. The first-order valence-electron chi connectivity index (χ1n) is 7.55. The summed E-state index contributed by atoms with van der Waals surface area (Å²) < 4.78 is 5.47.